The molecule has 4 heteroatoms. The van der Waals surface area contributed by atoms with Crippen LogP contribution in [0.2, 0.25) is 0 Å². The van der Waals surface area contributed by atoms with E-state index in [1.165, 1.54) is 17.8 Å². The van der Waals surface area contributed by atoms with Gasteiger partial charge in [-0.3, -0.25) is 4.79 Å². The van der Waals surface area contributed by atoms with Crippen molar-refractivity contribution in [2.45, 2.75) is 13.3 Å². The second kappa shape index (κ2) is 3.46. The van der Waals surface area contributed by atoms with Crippen molar-refractivity contribution in [3.8, 4) is 0 Å². The average Bonchev–Trinajstić information content (AvgIpc) is 2.23. The van der Waals surface area contributed by atoms with E-state index in [0.717, 1.165) is 5.69 Å². The number of hydrogen-bond donors (Lipinski definition) is 0. The second-order valence-electron chi connectivity index (χ2n) is 3.39. The fourth-order valence-corrected chi connectivity index (χ4v) is 1.69. The van der Waals surface area contributed by atoms with E-state index in [0.29, 0.717) is 11.8 Å². The molecule has 2 rings (SSSR count). The molecule has 0 bridgehead atoms. The summed E-state index contributed by atoms with van der Waals surface area (Å²) in [6.45, 7) is 1.93. The molecule has 0 aliphatic rings. The van der Waals surface area contributed by atoms with E-state index in [9.17, 15) is 9.18 Å². The van der Waals surface area contributed by atoms with Gasteiger partial charge in [-0.15, -0.1) is 0 Å². The van der Waals surface area contributed by atoms with Crippen LogP contribution in [0.25, 0.3) is 10.8 Å². The van der Waals surface area contributed by atoms with E-state index in [1.54, 1.807) is 12.1 Å². The van der Waals surface area contributed by atoms with E-state index >= 15 is 0 Å². The fourth-order valence-electron chi connectivity index (χ4n) is 1.69. The first-order valence-corrected chi connectivity index (χ1v) is 4.79. The predicted molar refractivity (Wildman–Crippen MR) is 56.3 cm³/mol. The number of hydrogen-bond acceptors (Lipinski definition) is 2. The molecule has 0 saturated carbocycles. The molecule has 0 aliphatic carbocycles. The number of halogens is 1. The second-order valence-corrected chi connectivity index (χ2v) is 3.39. The summed E-state index contributed by atoms with van der Waals surface area (Å²) < 4.78 is 14.7. The third kappa shape index (κ3) is 1.42. The van der Waals surface area contributed by atoms with Gasteiger partial charge < -0.3 is 0 Å². The summed E-state index contributed by atoms with van der Waals surface area (Å²) >= 11 is 0. The molecule has 0 fully saturated rings. The molecule has 1 aromatic heterocycles. The number of nitrogens with zero attached hydrogens (tertiary/aromatic N) is 2. The maximum absolute atomic E-state index is 13.5. The van der Waals surface area contributed by atoms with Gasteiger partial charge in [0, 0.05) is 12.4 Å². The van der Waals surface area contributed by atoms with Gasteiger partial charge in [0.2, 0.25) is 0 Å². The van der Waals surface area contributed by atoms with Crippen LogP contribution < -0.4 is 5.56 Å². The fraction of sp³-hybridized carbons (Fsp3) is 0.273. The normalized spacial score (nSPS) is 10.9. The summed E-state index contributed by atoms with van der Waals surface area (Å²) in [5.74, 6) is -0.481. The van der Waals surface area contributed by atoms with Gasteiger partial charge in [-0.1, -0.05) is 19.1 Å². The van der Waals surface area contributed by atoms with Crippen molar-refractivity contribution in [2.24, 2.45) is 7.05 Å². The molecule has 0 radical (unpaired) electrons. The molecule has 3 nitrogen and oxygen atoms in total. The van der Waals surface area contributed by atoms with Crippen LogP contribution in [0.15, 0.2) is 23.0 Å². The van der Waals surface area contributed by atoms with Gasteiger partial charge >= 0.3 is 0 Å². The highest BCUT2D eigenvalue weighted by Gasteiger charge is 2.10. The monoisotopic (exact) mass is 206 g/mol. The Morgan fingerprint density at radius 3 is 2.87 bits per heavy atom. The molecule has 0 N–H and O–H groups in total. The molecule has 0 aliphatic heterocycles. The summed E-state index contributed by atoms with van der Waals surface area (Å²) in [5.41, 5.74) is 0.354. The molecule has 1 aromatic carbocycles. The van der Waals surface area contributed by atoms with Gasteiger partial charge in [-0.05, 0) is 12.5 Å². The van der Waals surface area contributed by atoms with Gasteiger partial charge in [-0.25, -0.2) is 9.07 Å². The molecule has 1 heterocycles. The number of aromatic nitrogens is 2. The van der Waals surface area contributed by atoms with Crippen LogP contribution in [0.1, 0.15) is 12.6 Å². The SMILES string of the molecule is CCc1nn(C)c(=O)c2c(F)cccc12. The molecule has 0 amide bonds. The van der Waals surface area contributed by atoms with Gasteiger partial charge in [0.25, 0.3) is 5.56 Å². The van der Waals surface area contributed by atoms with Crippen LogP contribution in [0.3, 0.4) is 0 Å². The van der Waals surface area contributed by atoms with Crippen LogP contribution in [-0.4, -0.2) is 9.78 Å². The Hall–Kier alpha value is -1.71. The summed E-state index contributed by atoms with van der Waals surface area (Å²) in [6.07, 6.45) is 0.675. The zero-order valence-corrected chi connectivity index (χ0v) is 8.62. The van der Waals surface area contributed by atoms with Gasteiger partial charge in [0.1, 0.15) is 5.82 Å². The number of aryl methyl sites for hydroxylation is 2. The van der Waals surface area contributed by atoms with Crippen LogP contribution in [-0.2, 0) is 13.5 Å². The van der Waals surface area contributed by atoms with Gasteiger partial charge in [-0.2, -0.15) is 5.10 Å². The van der Waals surface area contributed by atoms with E-state index in [-0.39, 0.29) is 10.9 Å². The van der Waals surface area contributed by atoms with Crippen LogP contribution in [0.5, 0.6) is 0 Å². The highest BCUT2D eigenvalue weighted by Crippen LogP contribution is 2.16. The van der Waals surface area contributed by atoms with Crippen molar-refractivity contribution in [1.82, 2.24) is 9.78 Å². The van der Waals surface area contributed by atoms with E-state index in [4.69, 9.17) is 0 Å². The van der Waals surface area contributed by atoms with Gasteiger partial charge in [0.05, 0.1) is 11.1 Å². The quantitative estimate of drug-likeness (QED) is 0.710. The molecule has 0 spiro atoms. The summed E-state index contributed by atoms with van der Waals surface area (Å²) in [6, 6.07) is 4.62. The van der Waals surface area contributed by atoms with Crippen LogP contribution in [0, 0.1) is 5.82 Å². The largest absolute Gasteiger partial charge is 0.277 e. The molecular formula is C11H11FN2O. The molecule has 15 heavy (non-hydrogen) atoms. The van der Waals surface area contributed by atoms with Crippen molar-refractivity contribution in [1.29, 1.82) is 0 Å². The standard InChI is InChI=1S/C11H11FN2O/c1-3-9-7-5-4-6-8(12)10(7)11(15)14(2)13-9/h4-6H,3H2,1-2H3. The topological polar surface area (TPSA) is 34.9 Å². The minimum Gasteiger partial charge on any atom is -0.267 e. The van der Waals surface area contributed by atoms with Crippen LogP contribution >= 0.6 is 0 Å². The first kappa shape index (κ1) is 9.83. The smallest absolute Gasteiger partial charge is 0.267 e. The maximum Gasteiger partial charge on any atom is 0.277 e. The first-order chi connectivity index (χ1) is 7.15. The third-order valence-corrected chi connectivity index (χ3v) is 2.44. The molecule has 2 aromatic rings. The van der Waals surface area contributed by atoms with Crippen LogP contribution in [0.4, 0.5) is 4.39 Å². The molecule has 0 unspecified atom stereocenters. The van der Waals surface area contributed by atoms with Crippen molar-refractivity contribution < 1.29 is 4.39 Å². The third-order valence-electron chi connectivity index (χ3n) is 2.44. The van der Waals surface area contributed by atoms with E-state index in [2.05, 4.69) is 5.10 Å². The molecule has 0 atom stereocenters. The first-order valence-electron chi connectivity index (χ1n) is 4.79. The summed E-state index contributed by atoms with van der Waals surface area (Å²) in [4.78, 5) is 11.7. The Balaban J connectivity index is 3.03. The zero-order valence-electron chi connectivity index (χ0n) is 8.62. The minimum absolute atomic E-state index is 0.131. The molecule has 78 valence electrons. The lowest BCUT2D eigenvalue weighted by molar-refractivity contribution is 0.630. The average molecular weight is 206 g/mol. The van der Waals surface area contributed by atoms with E-state index in [1.807, 2.05) is 6.92 Å². The maximum atomic E-state index is 13.5. The minimum atomic E-state index is -0.481. The highest BCUT2D eigenvalue weighted by molar-refractivity contribution is 5.84. The Morgan fingerprint density at radius 2 is 2.20 bits per heavy atom. The summed E-state index contributed by atoms with van der Waals surface area (Å²) in [5, 5.41) is 4.84. The Morgan fingerprint density at radius 1 is 1.47 bits per heavy atom. The Labute approximate surface area is 86.2 Å². The highest BCUT2D eigenvalue weighted by atomic mass is 19.1. The summed E-state index contributed by atoms with van der Waals surface area (Å²) in [7, 11) is 1.54. The molecular weight excluding hydrogens is 195 g/mol. The number of benzene rings is 1. The van der Waals surface area contributed by atoms with Gasteiger partial charge in [0.15, 0.2) is 0 Å². The number of rotatable bonds is 1. The van der Waals surface area contributed by atoms with E-state index < -0.39 is 5.82 Å². The van der Waals surface area contributed by atoms with Crippen molar-refractivity contribution in [3.05, 3.63) is 40.1 Å². The lowest BCUT2D eigenvalue weighted by Crippen LogP contribution is -2.22. The zero-order chi connectivity index (χ0) is 11.0. The van der Waals surface area contributed by atoms with Crippen molar-refractivity contribution >= 4 is 10.8 Å². The van der Waals surface area contributed by atoms with Crippen molar-refractivity contribution in [2.75, 3.05) is 0 Å². The Bertz CT molecular complexity index is 575. The number of fused-ring (bicyclic) bond motifs is 1. The Kier molecular flexibility index (Phi) is 2.26. The molecule has 0 saturated heterocycles. The lowest BCUT2D eigenvalue weighted by atomic mass is 10.1. The lowest BCUT2D eigenvalue weighted by Gasteiger charge is -2.06. The van der Waals surface area contributed by atoms with Crippen molar-refractivity contribution in [3.63, 3.8) is 0 Å². The predicted octanol–water partition coefficient (Wildman–Crippen LogP) is 1.64.